The number of nitrogens with two attached hydrogens (primary N) is 1. The van der Waals surface area contributed by atoms with Gasteiger partial charge in [-0.05, 0) is 75.2 Å². The molecule has 2 aliphatic rings. The predicted molar refractivity (Wildman–Crippen MR) is 173 cm³/mol. The summed E-state index contributed by atoms with van der Waals surface area (Å²) < 4.78 is 0. The van der Waals surface area contributed by atoms with Crippen LogP contribution in [0.4, 0.5) is 23.5 Å². The Hall–Kier alpha value is -3.45. The van der Waals surface area contributed by atoms with Gasteiger partial charge in [0.25, 0.3) is 0 Å². The molecule has 1 saturated carbocycles. The Morgan fingerprint density at radius 1 is 0.881 bits per heavy atom. The maximum atomic E-state index is 10.4. The zero-order valence-electron chi connectivity index (χ0n) is 24.4. The Morgan fingerprint density at radius 2 is 1.52 bits per heavy atom. The van der Waals surface area contributed by atoms with Crippen molar-refractivity contribution in [1.29, 1.82) is 0 Å². The van der Waals surface area contributed by atoms with Crippen molar-refractivity contribution in [3.63, 3.8) is 0 Å². The van der Waals surface area contributed by atoms with Crippen molar-refractivity contribution >= 4 is 42.1 Å². The Morgan fingerprint density at radius 3 is 2.14 bits per heavy atom. The fourth-order valence-electron chi connectivity index (χ4n) is 5.21. The molecule has 42 heavy (non-hydrogen) atoms. The van der Waals surface area contributed by atoms with E-state index >= 15 is 0 Å². The maximum absolute atomic E-state index is 10.4. The molecule has 2 heterocycles. The van der Waals surface area contributed by atoms with E-state index in [1.807, 2.05) is 30.3 Å². The van der Waals surface area contributed by atoms with Gasteiger partial charge < -0.3 is 32.6 Å². The molecule has 12 heteroatoms. The van der Waals surface area contributed by atoms with Crippen molar-refractivity contribution in [1.82, 2.24) is 19.9 Å². The molecule has 0 spiro atoms. The van der Waals surface area contributed by atoms with Gasteiger partial charge in [0.15, 0.2) is 0 Å². The number of rotatable bonds is 9. The van der Waals surface area contributed by atoms with Gasteiger partial charge in [-0.15, -0.1) is 12.6 Å². The summed E-state index contributed by atoms with van der Waals surface area (Å²) in [7, 11) is 0. The number of carbonyl (C=O) groups excluding carboxylic acids is 1. The zero-order chi connectivity index (χ0) is 28.2. The fraction of sp³-hybridized carbons (Fsp3) is 0.467. The first kappa shape index (κ1) is 34.7. The Labute approximate surface area is 254 Å². The number of carbonyl (C=O) groups is 1. The summed E-state index contributed by atoms with van der Waals surface area (Å²) >= 11 is 4.37. The number of amides is 1. The number of nitrogens with zero attached hydrogens (tertiary/aromatic N) is 4. The highest BCUT2D eigenvalue weighted by Gasteiger charge is 2.23. The normalized spacial score (nSPS) is 17.0. The van der Waals surface area contributed by atoms with E-state index in [0.29, 0.717) is 35.5 Å². The number of aromatic nitrogens is 3. The van der Waals surface area contributed by atoms with Gasteiger partial charge in [0, 0.05) is 34.8 Å². The number of benzene rings is 2. The van der Waals surface area contributed by atoms with Gasteiger partial charge in [-0.2, -0.15) is 15.0 Å². The molecule has 1 atom stereocenters. The Bertz CT molecular complexity index is 1190. The van der Waals surface area contributed by atoms with Crippen LogP contribution in [-0.4, -0.2) is 68.4 Å². The lowest BCUT2D eigenvalue weighted by molar-refractivity contribution is 0.1000. The number of primary amides is 1. The van der Waals surface area contributed by atoms with Crippen molar-refractivity contribution in [2.45, 2.75) is 75.3 Å². The van der Waals surface area contributed by atoms with E-state index in [1.165, 1.54) is 57.9 Å². The van der Waals surface area contributed by atoms with Crippen LogP contribution in [0.15, 0.2) is 59.5 Å². The molecule has 5 rings (SSSR count). The second kappa shape index (κ2) is 18.2. The predicted octanol–water partition coefficient (Wildman–Crippen LogP) is 4.07. The Balaban J connectivity index is 0.000000482. The maximum Gasteiger partial charge on any atom is 0.248 e. The third-order valence-electron chi connectivity index (χ3n) is 7.41. The molecule has 1 aliphatic carbocycles. The number of hydrogen-bond acceptors (Lipinski definition) is 9. The number of likely N-dealkylation sites (N-methyl/N-ethyl adjacent to an activating group) is 1. The van der Waals surface area contributed by atoms with Crippen molar-refractivity contribution in [3.05, 3.63) is 60.2 Å². The number of nitrogens with one attached hydrogen (secondary N) is 3. The molecular weight excluding hydrogens is 552 g/mol. The number of likely N-dealkylation sites (tertiary alicyclic amines) is 1. The Kier molecular flexibility index (Phi) is 15.0. The third-order valence-corrected chi connectivity index (χ3v) is 7.70. The van der Waals surface area contributed by atoms with Crippen LogP contribution in [-0.2, 0) is 0 Å². The topological polar surface area (TPSA) is 184 Å². The first-order valence-electron chi connectivity index (χ1n) is 14.4. The van der Waals surface area contributed by atoms with Crippen LogP contribution >= 0.6 is 12.6 Å². The van der Waals surface area contributed by atoms with Gasteiger partial charge in [-0.1, -0.05) is 50.8 Å². The molecule has 9 N–H and O–H groups in total. The summed E-state index contributed by atoms with van der Waals surface area (Å²) in [5, 5.41) is 10.4. The quantitative estimate of drug-likeness (QED) is 0.180. The molecule has 1 amide bonds. The molecule has 2 aromatic carbocycles. The minimum atomic E-state index is -0.379. The zero-order valence-corrected chi connectivity index (χ0v) is 25.2. The average Bonchev–Trinajstić information content (AvgIpc) is 3.28. The molecule has 1 unspecified atom stereocenters. The first-order valence-corrected chi connectivity index (χ1v) is 14.9. The van der Waals surface area contributed by atoms with E-state index in [2.05, 4.69) is 50.4 Å². The molecular formula is C30H46N8O3S. The largest absolute Gasteiger partial charge is 0.412 e. The number of anilines is 4. The smallest absolute Gasteiger partial charge is 0.248 e. The van der Waals surface area contributed by atoms with Gasteiger partial charge in [0.05, 0.1) is 0 Å². The molecule has 0 radical (unpaired) electrons. The standard InChI is InChI=1S/C23H35N7S.C7H7NO.2H2O/c1-2-30-15-7-10-19(30)16-24-21-27-22(25-17-8-5-3-4-6-9-17)29-23(28-21)26-18-11-13-20(31)14-12-18;8-7(9)6-4-2-1-3-5-6;;/h11-14,17,19,31H,2-10,15-16H2,1H3,(H3,24,25,26,27,28,29);1-5H,(H2,8,9);2*1H2. The lowest BCUT2D eigenvalue weighted by atomic mass is 10.1. The van der Waals surface area contributed by atoms with E-state index in [4.69, 9.17) is 10.7 Å². The van der Waals surface area contributed by atoms with E-state index in [1.54, 1.807) is 24.3 Å². The third kappa shape index (κ3) is 11.1. The molecule has 11 nitrogen and oxygen atoms in total. The van der Waals surface area contributed by atoms with Crippen LogP contribution < -0.4 is 21.7 Å². The summed E-state index contributed by atoms with van der Waals surface area (Å²) in [5.41, 5.74) is 6.46. The van der Waals surface area contributed by atoms with Crippen LogP contribution in [0.2, 0.25) is 0 Å². The van der Waals surface area contributed by atoms with Crippen molar-refractivity contribution < 1.29 is 15.7 Å². The van der Waals surface area contributed by atoms with Crippen LogP contribution in [0.25, 0.3) is 0 Å². The minimum Gasteiger partial charge on any atom is -0.412 e. The lowest BCUT2D eigenvalue weighted by Gasteiger charge is -2.23. The van der Waals surface area contributed by atoms with Crippen molar-refractivity contribution in [2.24, 2.45) is 5.73 Å². The molecule has 1 aromatic heterocycles. The summed E-state index contributed by atoms with van der Waals surface area (Å²) in [6.07, 6.45) is 10.0. The van der Waals surface area contributed by atoms with Crippen molar-refractivity contribution in [3.8, 4) is 0 Å². The van der Waals surface area contributed by atoms with Gasteiger partial charge in [0.1, 0.15) is 0 Å². The molecule has 230 valence electrons. The second-order valence-electron chi connectivity index (χ2n) is 10.3. The minimum absolute atomic E-state index is 0. The van der Waals surface area contributed by atoms with Crippen LogP contribution in [0.5, 0.6) is 0 Å². The summed E-state index contributed by atoms with van der Waals surface area (Å²) in [6, 6.07) is 17.6. The van der Waals surface area contributed by atoms with Crippen LogP contribution in [0.3, 0.4) is 0 Å². The second-order valence-corrected chi connectivity index (χ2v) is 10.9. The highest BCUT2D eigenvalue weighted by molar-refractivity contribution is 7.80. The highest BCUT2D eigenvalue weighted by Crippen LogP contribution is 2.23. The fourth-order valence-corrected chi connectivity index (χ4v) is 5.36. The van der Waals surface area contributed by atoms with Gasteiger partial charge in [-0.25, -0.2) is 0 Å². The molecule has 3 aromatic rings. The van der Waals surface area contributed by atoms with Crippen LogP contribution in [0, 0.1) is 0 Å². The van der Waals surface area contributed by atoms with Gasteiger partial charge >= 0.3 is 0 Å². The van der Waals surface area contributed by atoms with E-state index in [-0.39, 0.29) is 16.9 Å². The number of hydrogen-bond donors (Lipinski definition) is 5. The van der Waals surface area contributed by atoms with E-state index < -0.39 is 0 Å². The SMILES string of the molecule is CCN1CCCC1CNc1nc(Nc2ccc(S)cc2)nc(NC2CCCCCC2)n1.NC(=O)c1ccccc1.O.O. The molecule has 1 saturated heterocycles. The summed E-state index contributed by atoms with van der Waals surface area (Å²) in [6.45, 7) is 5.36. The molecule has 1 aliphatic heterocycles. The van der Waals surface area contributed by atoms with E-state index in [0.717, 1.165) is 23.7 Å². The lowest BCUT2D eigenvalue weighted by Crippen LogP contribution is -2.35. The van der Waals surface area contributed by atoms with Gasteiger partial charge in [-0.3, -0.25) is 9.69 Å². The molecule has 0 bridgehead atoms. The van der Waals surface area contributed by atoms with Crippen LogP contribution in [0.1, 0.15) is 68.6 Å². The monoisotopic (exact) mass is 598 g/mol. The summed E-state index contributed by atoms with van der Waals surface area (Å²) in [5.74, 6) is 1.45. The van der Waals surface area contributed by atoms with Crippen molar-refractivity contribution in [2.75, 3.05) is 35.6 Å². The highest BCUT2D eigenvalue weighted by atomic mass is 32.1. The van der Waals surface area contributed by atoms with Gasteiger partial charge in [0.2, 0.25) is 23.8 Å². The molecule has 2 fully saturated rings. The first-order chi connectivity index (χ1) is 19.5. The summed E-state index contributed by atoms with van der Waals surface area (Å²) in [4.78, 5) is 27.9. The van der Waals surface area contributed by atoms with E-state index in [9.17, 15) is 4.79 Å². The average molecular weight is 599 g/mol. The number of thiol groups is 1.